The first-order chi connectivity index (χ1) is 17.5. The zero-order valence-electron chi connectivity index (χ0n) is 19.7. The highest BCUT2D eigenvalue weighted by Gasteiger charge is 2.34. The van der Waals surface area contributed by atoms with Crippen molar-refractivity contribution in [3.05, 3.63) is 68.5 Å². The topological polar surface area (TPSA) is 85.3 Å². The second-order valence-corrected chi connectivity index (χ2v) is 10.2. The molecule has 2 aliphatic rings. The summed E-state index contributed by atoms with van der Waals surface area (Å²) in [7, 11) is 2.97. The average Bonchev–Trinajstić information content (AvgIpc) is 3.32. The fourth-order valence-corrected chi connectivity index (χ4v) is 5.76. The van der Waals surface area contributed by atoms with Crippen LogP contribution in [0.1, 0.15) is 16.6 Å². The van der Waals surface area contributed by atoms with Gasteiger partial charge in [-0.2, -0.15) is 0 Å². The van der Waals surface area contributed by atoms with Gasteiger partial charge < -0.3 is 19.5 Å². The minimum Gasteiger partial charge on any atom is -0.497 e. The van der Waals surface area contributed by atoms with Crippen LogP contribution in [0.4, 0.5) is 4.39 Å². The van der Waals surface area contributed by atoms with Gasteiger partial charge in [-0.25, -0.2) is 14.2 Å². The minimum atomic E-state index is -0.721. The lowest BCUT2D eigenvalue weighted by Crippen LogP contribution is -2.43. The Hall–Kier alpha value is -2.86. The van der Waals surface area contributed by atoms with E-state index in [-0.39, 0.29) is 5.82 Å². The molecule has 1 fully saturated rings. The number of halogens is 2. The zero-order valence-corrected chi connectivity index (χ0v) is 22.1. The normalized spacial score (nSPS) is 18.7. The summed E-state index contributed by atoms with van der Waals surface area (Å²) in [6.45, 7) is 3.18. The Morgan fingerprint density at radius 2 is 2.06 bits per heavy atom. The van der Waals surface area contributed by atoms with E-state index in [9.17, 15) is 9.18 Å². The quantitative estimate of drug-likeness (QED) is 0.444. The van der Waals surface area contributed by atoms with Crippen LogP contribution in [0, 0.1) is 5.82 Å². The molecule has 1 aromatic heterocycles. The third kappa shape index (κ3) is 5.01. The van der Waals surface area contributed by atoms with Crippen molar-refractivity contribution in [2.45, 2.75) is 6.04 Å². The molecule has 0 aliphatic carbocycles. The fraction of sp³-hybridized carbons (Fsp3) is 0.320. The molecular weight excluding hydrogens is 551 g/mol. The molecule has 8 nitrogen and oxygen atoms in total. The van der Waals surface area contributed by atoms with Crippen LogP contribution in [0.15, 0.2) is 57.1 Å². The number of carbonyl (C=O) groups is 1. The molecule has 188 valence electrons. The van der Waals surface area contributed by atoms with Crippen LogP contribution >= 0.6 is 27.3 Å². The van der Waals surface area contributed by atoms with Crippen LogP contribution in [0.5, 0.6) is 5.75 Å². The van der Waals surface area contributed by atoms with Gasteiger partial charge in [0.25, 0.3) is 0 Å². The Morgan fingerprint density at radius 1 is 1.25 bits per heavy atom. The highest BCUT2D eigenvalue weighted by Crippen LogP contribution is 2.37. The molecule has 1 atom stereocenters. The van der Waals surface area contributed by atoms with Gasteiger partial charge in [0, 0.05) is 29.8 Å². The molecule has 0 bridgehead atoms. The molecule has 3 heterocycles. The molecular formula is C25H24BrFN4O4S. The molecule has 2 aliphatic heterocycles. The van der Waals surface area contributed by atoms with Crippen molar-refractivity contribution < 1.29 is 23.4 Å². The van der Waals surface area contributed by atoms with Crippen LogP contribution in [-0.2, 0) is 14.3 Å². The van der Waals surface area contributed by atoms with E-state index in [4.69, 9.17) is 24.2 Å². The highest BCUT2D eigenvalue weighted by atomic mass is 79.9. The van der Waals surface area contributed by atoms with Crippen molar-refractivity contribution in [1.29, 1.82) is 0 Å². The average molecular weight is 575 g/mol. The van der Waals surface area contributed by atoms with E-state index in [1.807, 2.05) is 18.2 Å². The number of hydrogen-bond acceptors (Lipinski definition) is 9. The van der Waals surface area contributed by atoms with Crippen LogP contribution < -0.4 is 10.1 Å². The molecule has 1 unspecified atom stereocenters. The third-order valence-electron chi connectivity index (χ3n) is 6.07. The number of rotatable bonds is 6. The Balaban J connectivity index is 1.63. The van der Waals surface area contributed by atoms with Crippen LogP contribution in [0.3, 0.4) is 0 Å². The van der Waals surface area contributed by atoms with E-state index in [1.165, 1.54) is 30.6 Å². The first-order valence-electron chi connectivity index (χ1n) is 11.3. The van der Waals surface area contributed by atoms with Gasteiger partial charge in [-0.3, -0.25) is 9.89 Å². The number of methoxy groups -OCH3 is 2. The summed E-state index contributed by atoms with van der Waals surface area (Å²) >= 11 is 4.93. The largest absolute Gasteiger partial charge is 0.497 e. The van der Waals surface area contributed by atoms with Crippen molar-refractivity contribution >= 4 is 49.3 Å². The number of nitrogens with zero attached hydrogens (tertiary/aromatic N) is 3. The van der Waals surface area contributed by atoms with Gasteiger partial charge in [0.1, 0.15) is 17.6 Å². The highest BCUT2D eigenvalue weighted by molar-refractivity contribution is 9.10. The fourth-order valence-electron chi connectivity index (χ4n) is 4.24. The summed E-state index contributed by atoms with van der Waals surface area (Å²) in [5, 5.41) is 4.05. The molecule has 0 spiro atoms. The summed E-state index contributed by atoms with van der Waals surface area (Å²) in [5.74, 6) is 0.391. The monoisotopic (exact) mass is 574 g/mol. The SMILES string of the molecule is COC(=O)C1=C(CN2CCOCC2)NC(c2nc3ccc(OC)cc3s2)=NC1c1ccc(F)cc1Br. The molecule has 1 N–H and O–H groups in total. The van der Waals surface area contributed by atoms with Crippen molar-refractivity contribution in [2.75, 3.05) is 47.1 Å². The Bertz CT molecular complexity index is 1370. The molecule has 1 saturated heterocycles. The van der Waals surface area contributed by atoms with Crippen LogP contribution in [0.25, 0.3) is 10.2 Å². The number of benzene rings is 2. The number of nitrogens with one attached hydrogen (secondary N) is 1. The van der Waals surface area contributed by atoms with Gasteiger partial charge in [0.05, 0.1) is 43.2 Å². The predicted octanol–water partition coefficient (Wildman–Crippen LogP) is 4.06. The van der Waals surface area contributed by atoms with Crippen LogP contribution in [-0.4, -0.2) is 68.8 Å². The molecule has 5 rings (SSSR count). The van der Waals surface area contributed by atoms with E-state index >= 15 is 0 Å². The van der Waals surface area contributed by atoms with Crippen molar-refractivity contribution in [3.63, 3.8) is 0 Å². The molecule has 11 heteroatoms. The third-order valence-corrected chi connectivity index (χ3v) is 7.78. The minimum absolute atomic E-state index is 0.378. The smallest absolute Gasteiger partial charge is 0.338 e. The Labute approximate surface area is 219 Å². The number of fused-ring (bicyclic) bond motifs is 1. The number of aliphatic imine (C=N–C) groups is 1. The first-order valence-corrected chi connectivity index (χ1v) is 12.9. The summed E-state index contributed by atoms with van der Waals surface area (Å²) in [4.78, 5) is 25.0. The molecule has 2 aromatic carbocycles. The summed E-state index contributed by atoms with van der Waals surface area (Å²) in [6.07, 6.45) is 0. The number of morpholine rings is 1. The lowest BCUT2D eigenvalue weighted by molar-refractivity contribution is -0.136. The Kier molecular flexibility index (Phi) is 7.33. The zero-order chi connectivity index (χ0) is 25.2. The molecule has 0 saturated carbocycles. The van der Waals surface area contributed by atoms with Gasteiger partial charge in [0.2, 0.25) is 0 Å². The number of carbonyl (C=O) groups excluding carboxylic acids is 1. The van der Waals surface area contributed by atoms with Gasteiger partial charge in [-0.1, -0.05) is 22.0 Å². The predicted molar refractivity (Wildman–Crippen MR) is 139 cm³/mol. The second-order valence-electron chi connectivity index (χ2n) is 8.30. The summed E-state index contributed by atoms with van der Waals surface area (Å²) < 4.78 is 31.4. The van der Waals surface area contributed by atoms with Gasteiger partial charge in [0.15, 0.2) is 10.8 Å². The van der Waals surface area contributed by atoms with E-state index < -0.39 is 12.0 Å². The lowest BCUT2D eigenvalue weighted by atomic mass is 9.95. The molecule has 0 amide bonds. The maximum Gasteiger partial charge on any atom is 0.338 e. The molecule has 0 radical (unpaired) electrons. The lowest BCUT2D eigenvalue weighted by Gasteiger charge is -2.32. The van der Waals surface area contributed by atoms with E-state index in [1.54, 1.807) is 13.2 Å². The number of ether oxygens (including phenoxy) is 3. The standard InChI is InChI=1S/C25H24BrFN4O4S/c1-33-15-4-6-18-20(12-15)36-24(29-18)23-28-19(13-31-7-9-35-10-8-31)21(25(32)34-2)22(30-23)16-5-3-14(27)11-17(16)26/h3-6,11-12,22H,7-10,13H2,1-2H3,(H,28,30). The number of esters is 1. The number of hydrogen-bond donors (Lipinski definition) is 1. The van der Waals surface area contributed by atoms with Crippen LogP contribution in [0.2, 0.25) is 0 Å². The van der Waals surface area contributed by atoms with Gasteiger partial charge in [-0.15, -0.1) is 11.3 Å². The van der Waals surface area contributed by atoms with Crippen molar-refractivity contribution in [1.82, 2.24) is 15.2 Å². The number of amidine groups is 1. The van der Waals surface area contributed by atoms with Crippen molar-refractivity contribution in [3.8, 4) is 5.75 Å². The van der Waals surface area contributed by atoms with E-state index in [2.05, 4.69) is 26.1 Å². The first kappa shape index (κ1) is 24.8. The van der Waals surface area contributed by atoms with E-state index in [0.29, 0.717) is 51.9 Å². The summed E-state index contributed by atoms with van der Waals surface area (Å²) in [6, 6.07) is 9.33. The maximum atomic E-state index is 13.9. The van der Waals surface area contributed by atoms with Crippen molar-refractivity contribution in [2.24, 2.45) is 4.99 Å². The molecule has 36 heavy (non-hydrogen) atoms. The number of aromatic nitrogens is 1. The van der Waals surface area contributed by atoms with E-state index in [0.717, 1.165) is 29.1 Å². The number of thiazole rings is 1. The Morgan fingerprint density at radius 3 is 2.78 bits per heavy atom. The van der Waals surface area contributed by atoms with Gasteiger partial charge in [-0.05, 0) is 35.9 Å². The second kappa shape index (κ2) is 10.6. The van der Waals surface area contributed by atoms with Gasteiger partial charge >= 0.3 is 5.97 Å². The molecule has 3 aromatic rings. The summed E-state index contributed by atoms with van der Waals surface area (Å²) in [5.41, 5.74) is 2.52. The maximum absolute atomic E-state index is 13.9.